The number of carbonyl (C=O) groups is 4. The second kappa shape index (κ2) is 5.39. The summed E-state index contributed by atoms with van der Waals surface area (Å²) in [5.41, 5.74) is 1.67. The van der Waals surface area contributed by atoms with Gasteiger partial charge in [-0.15, -0.1) is 0 Å². The van der Waals surface area contributed by atoms with Gasteiger partial charge in [0.1, 0.15) is 5.78 Å². The lowest BCUT2D eigenvalue weighted by atomic mass is 9.79. The van der Waals surface area contributed by atoms with Crippen molar-refractivity contribution in [2.75, 3.05) is 0 Å². The number of hydrogen-bond donors (Lipinski definition) is 0. The van der Waals surface area contributed by atoms with Crippen LogP contribution in [0.4, 0.5) is 0 Å². The molecule has 0 aliphatic heterocycles. The Labute approximate surface area is 133 Å². The van der Waals surface area contributed by atoms with Crippen molar-refractivity contribution in [2.45, 2.75) is 20.3 Å². The van der Waals surface area contributed by atoms with Gasteiger partial charge in [0.15, 0.2) is 17.3 Å². The minimum Gasteiger partial charge on any atom is -0.300 e. The van der Waals surface area contributed by atoms with Crippen LogP contribution in [-0.2, 0) is 11.2 Å². The zero-order valence-electron chi connectivity index (χ0n) is 12.8. The van der Waals surface area contributed by atoms with Gasteiger partial charge in [0.2, 0.25) is 0 Å². The Morgan fingerprint density at radius 1 is 0.826 bits per heavy atom. The fourth-order valence-electron chi connectivity index (χ4n) is 3.05. The molecular weight excluding hydrogens is 292 g/mol. The predicted octanol–water partition coefficient (Wildman–Crippen LogP) is 2.80. The van der Waals surface area contributed by atoms with Gasteiger partial charge in [0.25, 0.3) is 0 Å². The van der Waals surface area contributed by atoms with E-state index in [0.717, 1.165) is 0 Å². The summed E-state index contributed by atoms with van der Waals surface area (Å²) in [6.07, 6.45) is 0.0608. The fraction of sp³-hybridized carbons (Fsp3) is 0.158. The van der Waals surface area contributed by atoms with Gasteiger partial charge in [-0.2, -0.15) is 0 Å². The van der Waals surface area contributed by atoms with Gasteiger partial charge in [-0.3, -0.25) is 19.2 Å². The van der Waals surface area contributed by atoms with Crippen LogP contribution < -0.4 is 0 Å². The molecule has 0 N–H and O–H groups in total. The molecule has 0 aromatic heterocycles. The summed E-state index contributed by atoms with van der Waals surface area (Å²) in [6, 6.07) is 9.70. The van der Waals surface area contributed by atoms with Crippen LogP contribution in [0.15, 0.2) is 36.4 Å². The molecule has 3 rings (SSSR count). The largest absolute Gasteiger partial charge is 0.300 e. The molecule has 0 saturated carbocycles. The van der Waals surface area contributed by atoms with Crippen LogP contribution in [0.2, 0.25) is 0 Å². The summed E-state index contributed by atoms with van der Waals surface area (Å²) in [5.74, 6) is -1.04. The molecule has 0 saturated heterocycles. The van der Waals surface area contributed by atoms with Gasteiger partial charge in [0.05, 0.1) is 0 Å². The molecule has 114 valence electrons. The summed E-state index contributed by atoms with van der Waals surface area (Å²) in [5, 5.41) is 0. The molecule has 1 aliphatic carbocycles. The molecule has 1 aliphatic rings. The first-order valence-corrected chi connectivity index (χ1v) is 7.26. The van der Waals surface area contributed by atoms with Crippen LogP contribution in [0.3, 0.4) is 0 Å². The molecule has 0 spiro atoms. The molecule has 2 aromatic carbocycles. The van der Waals surface area contributed by atoms with Crippen LogP contribution >= 0.6 is 0 Å². The molecular formula is C19H14O4. The van der Waals surface area contributed by atoms with Crippen molar-refractivity contribution in [1.82, 2.24) is 0 Å². The monoisotopic (exact) mass is 306 g/mol. The highest BCUT2D eigenvalue weighted by Gasteiger charge is 2.33. The molecule has 0 bridgehead atoms. The lowest BCUT2D eigenvalue weighted by molar-refractivity contribution is -0.116. The van der Waals surface area contributed by atoms with Gasteiger partial charge in [0, 0.05) is 34.2 Å². The average Bonchev–Trinajstić information content (AvgIpc) is 2.51. The summed E-state index contributed by atoms with van der Waals surface area (Å²) in [4.78, 5) is 49.0. The number of hydrogen-bond acceptors (Lipinski definition) is 4. The summed E-state index contributed by atoms with van der Waals surface area (Å²) >= 11 is 0. The minimum absolute atomic E-state index is 0.0608. The topological polar surface area (TPSA) is 68.3 Å². The Bertz CT molecular complexity index is 890. The number of ketones is 4. The van der Waals surface area contributed by atoms with Gasteiger partial charge < -0.3 is 0 Å². The van der Waals surface area contributed by atoms with Crippen molar-refractivity contribution in [1.29, 1.82) is 0 Å². The first kappa shape index (κ1) is 15.0. The van der Waals surface area contributed by atoms with E-state index in [2.05, 4.69) is 0 Å². The zero-order chi connectivity index (χ0) is 16.7. The van der Waals surface area contributed by atoms with E-state index >= 15 is 0 Å². The lowest BCUT2D eigenvalue weighted by Crippen LogP contribution is -2.24. The van der Waals surface area contributed by atoms with Gasteiger partial charge in [-0.1, -0.05) is 30.3 Å². The average molecular weight is 306 g/mol. The van der Waals surface area contributed by atoms with E-state index < -0.39 is 0 Å². The Kier molecular flexibility index (Phi) is 3.52. The van der Waals surface area contributed by atoms with Crippen molar-refractivity contribution in [3.8, 4) is 0 Å². The third-order valence-electron chi connectivity index (χ3n) is 3.97. The number of rotatable bonds is 3. The second-order valence-corrected chi connectivity index (χ2v) is 5.66. The van der Waals surface area contributed by atoms with Crippen LogP contribution in [0.5, 0.6) is 0 Å². The number of benzene rings is 2. The molecule has 0 heterocycles. The van der Waals surface area contributed by atoms with E-state index in [0.29, 0.717) is 16.7 Å². The molecule has 0 unspecified atom stereocenters. The first-order chi connectivity index (χ1) is 10.9. The van der Waals surface area contributed by atoms with Crippen LogP contribution in [0.1, 0.15) is 61.6 Å². The summed E-state index contributed by atoms with van der Waals surface area (Å²) < 4.78 is 0. The van der Waals surface area contributed by atoms with Gasteiger partial charge in [-0.25, -0.2) is 0 Å². The van der Waals surface area contributed by atoms with Gasteiger partial charge in [-0.05, 0) is 25.5 Å². The van der Waals surface area contributed by atoms with E-state index in [9.17, 15) is 19.2 Å². The highest BCUT2D eigenvalue weighted by Crippen LogP contribution is 2.31. The minimum atomic E-state index is -0.342. The highest BCUT2D eigenvalue weighted by molar-refractivity contribution is 6.31. The maximum Gasteiger partial charge on any atom is 0.195 e. The fourth-order valence-corrected chi connectivity index (χ4v) is 3.05. The summed E-state index contributed by atoms with van der Waals surface area (Å²) in [7, 11) is 0. The molecule has 4 heteroatoms. The van der Waals surface area contributed by atoms with Crippen molar-refractivity contribution in [2.24, 2.45) is 0 Å². The maximum absolute atomic E-state index is 12.8. The molecule has 2 aromatic rings. The number of carbonyl (C=O) groups excluding carboxylic acids is 4. The maximum atomic E-state index is 12.8. The van der Waals surface area contributed by atoms with Gasteiger partial charge >= 0.3 is 0 Å². The van der Waals surface area contributed by atoms with E-state index in [-0.39, 0.29) is 46.2 Å². The molecule has 23 heavy (non-hydrogen) atoms. The molecule has 0 fully saturated rings. The quantitative estimate of drug-likeness (QED) is 0.698. The standard InChI is InChI=1S/C19H14O4/c1-10(20)9-12-7-8-15-17(16(12)11(2)21)19(23)14-6-4-3-5-13(14)18(15)22/h3-8H,9H2,1-2H3. The van der Waals surface area contributed by atoms with Crippen molar-refractivity contribution < 1.29 is 19.2 Å². The first-order valence-electron chi connectivity index (χ1n) is 7.26. The Hall–Kier alpha value is -2.88. The van der Waals surface area contributed by atoms with Crippen LogP contribution in [0, 0.1) is 0 Å². The number of Topliss-reactive ketones (excluding diaryl/α,β-unsaturated/α-hetero) is 2. The Morgan fingerprint density at radius 2 is 1.43 bits per heavy atom. The third kappa shape index (κ3) is 2.32. The van der Waals surface area contributed by atoms with E-state index in [1.807, 2.05) is 0 Å². The molecule has 0 atom stereocenters. The molecule has 0 amide bonds. The highest BCUT2D eigenvalue weighted by atomic mass is 16.1. The Balaban J connectivity index is 2.32. The Morgan fingerprint density at radius 3 is 2.00 bits per heavy atom. The van der Waals surface area contributed by atoms with Crippen LogP contribution in [-0.4, -0.2) is 23.1 Å². The molecule has 0 radical (unpaired) electrons. The lowest BCUT2D eigenvalue weighted by Gasteiger charge is -2.21. The van der Waals surface area contributed by atoms with Crippen molar-refractivity contribution >= 4 is 23.1 Å². The van der Waals surface area contributed by atoms with Crippen molar-refractivity contribution in [3.63, 3.8) is 0 Å². The number of fused-ring (bicyclic) bond motifs is 2. The van der Waals surface area contributed by atoms with Crippen LogP contribution in [0.25, 0.3) is 0 Å². The van der Waals surface area contributed by atoms with E-state index in [1.165, 1.54) is 19.9 Å². The molecule has 4 nitrogen and oxygen atoms in total. The second-order valence-electron chi connectivity index (χ2n) is 5.66. The summed E-state index contributed by atoms with van der Waals surface area (Å²) in [6.45, 7) is 2.77. The third-order valence-corrected chi connectivity index (χ3v) is 3.97. The van der Waals surface area contributed by atoms with Crippen molar-refractivity contribution in [3.05, 3.63) is 69.8 Å². The predicted molar refractivity (Wildman–Crippen MR) is 84.1 cm³/mol. The van der Waals surface area contributed by atoms with E-state index in [4.69, 9.17) is 0 Å². The van der Waals surface area contributed by atoms with E-state index in [1.54, 1.807) is 30.3 Å². The normalized spacial score (nSPS) is 12.6. The smallest absolute Gasteiger partial charge is 0.195 e. The SMILES string of the molecule is CC(=O)Cc1ccc2c(c1C(C)=O)C(=O)c1ccccc1C2=O. The zero-order valence-corrected chi connectivity index (χ0v) is 12.8.